The van der Waals surface area contributed by atoms with E-state index in [1.54, 1.807) is 0 Å². The van der Waals surface area contributed by atoms with Crippen molar-refractivity contribution in [3.05, 3.63) is 11.6 Å². The number of fused-ring (bicyclic) bond motifs is 5. The van der Waals surface area contributed by atoms with Crippen molar-refractivity contribution >= 4 is 11.4 Å². The van der Waals surface area contributed by atoms with E-state index in [1.807, 2.05) is 6.08 Å². The molecule has 31 heavy (non-hydrogen) atoms. The molecule has 0 aliphatic heterocycles. The van der Waals surface area contributed by atoms with Gasteiger partial charge in [-0.25, -0.2) is 0 Å². The summed E-state index contributed by atoms with van der Waals surface area (Å²) in [5.41, 5.74) is 3.19. The van der Waals surface area contributed by atoms with E-state index in [4.69, 9.17) is 0 Å². The zero-order chi connectivity index (χ0) is 22.4. The topological polar surface area (TPSA) is 65.2 Å². The molecule has 3 fully saturated rings. The molecule has 4 heteroatoms. The van der Waals surface area contributed by atoms with Gasteiger partial charge in [-0.2, -0.15) is 0 Å². The summed E-state index contributed by atoms with van der Waals surface area (Å²) in [6.45, 7) is 12.2. The molecule has 4 aliphatic carbocycles. The summed E-state index contributed by atoms with van der Waals surface area (Å²) in [4.78, 5) is 0. The molecule has 3 saturated carbocycles. The van der Waals surface area contributed by atoms with Gasteiger partial charge in [-0.1, -0.05) is 64.2 Å². The predicted molar refractivity (Wildman–Crippen MR) is 127 cm³/mol. The first kappa shape index (κ1) is 22.9. The maximum Gasteiger partial charge on any atom is 0.0836 e. The highest BCUT2D eigenvalue weighted by molar-refractivity contribution is 6.09. The fourth-order valence-electron chi connectivity index (χ4n) is 8.62. The number of allylic oxidation sites excluding steroid dienone is 2. The number of oxime groups is 2. The van der Waals surface area contributed by atoms with Gasteiger partial charge in [-0.05, 0) is 103 Å². The minimum atomic E-state index is 0.0426. The maximum absolute atomic E-state index is 9.93. The van der Waals surface area contributed by atoms with E-state index in [0.29, 0.717) is 17.3 Å². The van der Waals surface area contributed by atoms with Gasteiger partial charge in [-0.15, -0.1) is 0 Å². The second kappa shape index (κ2) is 8.56. The zero-order valence-corrected chi connectivity index (χ0v) is 20.4. The molecule has 0 spiro atoms. The van der Waals surface area contributed by atoms with E-state index in [1.165, 1.54) is 44.9 Å². The van der Waals surface area contributed by atoms with Crippen LogP contribution in [0.5, 0.6) is 0 Å². The van der Waals surface area contributed by atoms with Crippen molar-refractivity contribution < 1.29 is 10.4 Å². The molecule has 4 aliphatic rings. The van der Waals surface area contributed by atoms with E-state index in [2.05, 4.69) is 44.9 Å². The van der Waals surface area contributed by atoms with E-state index in [-0.39, 0.29) is 5.41 Å². The van der Waals surface area contributed by atoms with Crippen LogP contribution in [0.15, 0.2) is 22.0 Å². The molecule has 2 N–H and O–H groups in total. The zero-order valence-electron chi connectivity index (χ0n) is 20.4. The molecule has 4 nitrogen and oxygen atoms in total. The number of hydrogen-bond acceptors (Lipinski definition) is 4. The molecule has 0 aromatic heterocycles. The van der Waals surface area contributed by atoms with Gasteiger partial charge in [0.25, 0.3) is 0 Å². The van der Waals surface area contributed by atoms with Crippen LogP contribution < -0.4 is 0 Å². The van der Waals surface area contributed by atoms with Crippen LogP contribution in [0.2, 0.25) is 0 Å². The summed E-state index contributed by atoms with van der Waals surface area (Å²) in [6.07, 6.45) is 14.1. The third-order valence-corrected chi connectivity index (χ3v) is 10.3. The molecule has 0 unspecified atom stereocenters. The quantitative estimate of drug-likeness (QED) is 0.356. The van der Waals surface area contributed by atoms with Crippen molar-refractivity contribution in [1.82, 2.24) is 0 Å². The predicted octanol–water partition coefficient (Wildman–Crippen LogP) is 7.30. The van der Waals surface area contributed by atoms with Crippen molar-refractivity contribution in [2.45, 2.75) is 98.8 Å². The van der Waals surface area contributed by atoms with Crippen LogP contribution in [0.1, 0.15) is 98.8 Å². The minimum Gasteiger partial charge on any atom is -0.411 e. The number of rotatable bonds is 5. The van der Waals surface area contributed by atoms with Crippen molar-refractivity contribution in [3.8, 4) is 0 Å². The van der Waals surface area contributed by atoms with Gasteiger partial charge in [0.1, 0.15) is 0 Å². The molecule has 174 valence electrons. The Morgan fingerprint density at radius 2 is 1.77 bits per heavy atom. The van der Waals surface area contributed by atoms with E-state index in [0.717, 1.165) is 59.9 Å². The van der Waals surface area contributed by atoms with E-state index < -0.39 is 0 Å². The summed E-state index contributed by atoms with van der Waals surface area (Å²) in [6, 6.07) is 0. The summed E-state index contributed by atoms with van der Waals surface area (Å²) in [5.74, 6) is 4.47. The minimum absolute atomic E-state index is 0.0426. The molecule has 0 aromatic carbocycles. The maximum atomic E-state index is 9.93. The van der Waals surface area contributed by atoms with Gasteiger partial charge in [0.2, 0.25) is 0 Å². The monoisotopic (exact) mass is 428 g/mol. The molecule has 0 saturated heterocycles. The first-order valence-corrected chi connectivity index (χ1v) is 12.9. The Morgan fingerprint density at radius 3 is 2.45 bits per heavy atom. The number of nitrogens with zero attached hydrogens (tertiary/aromatic N) is 2. The molecular formula is C27H44N2O2. The van der Waals surface area contributed by atoms with Gasteiger partial charge >= 0.3 is 0 Å². The molecule has 4 rings (SSSR count). The van der Waals surface area contributed by atoms with Crippen molar-refractivity contribution in [2.75, 3.05) is 0 Å². The van der Waals surface area contributed by atoms with E-state index in [9.17, 15) is 10.4 Å². The van der Waals surface area contributed by atoms with Gasteiger partial charge < -0.3 is 10.4 Å². The van der Waals surface area contributed by atoms with Crippen molar-refractivity contribution in [2.24, 2.45) is 56.6 Å². The van der Waals surface area contributed by atoms with E-state index >= 15 is 0 Å². The Morgan fingerprint density at radius 1 is 1.00 bits per heavy atom. The Kier molecular flexibility index (Phi) is 6.31. The fourth-order valence-corrected chi connectivity index (χ4v) is 8.62. The molecule has 0 amide bonds. The second-order valence-corrected chi connectivity index (χ2v) is 12.2. The first-order chi connectivity index (χ1) is 14.7. The Balaban J connectivity index is 1.57. The van der Waals surface area contributed by atoms with Crippen molar-refractivity contribution in [1.29, 1.82) is 0 Å². The van der Waals surface area contributed by atoms with Gasteiger partial charge in [0.15, 0.2) is 0 Å². The lowest BCUT2D eigenvalue weighted by molar-refractivity contribution is -0.0426. The second-order valence-electron chi connectivity index (χ2n) is 12.2. The average molecular weight is 429 g/mol. The lowest BCUT2D eigenvalue weighted by Gasteiger charge is -2.58. The summed E-state index contributed by atoms with van der Waals surface area (Å²) < 4.78 is 0. The summed E-state index contributed by atoms with van der Waals surface area (Å²) >= 11 is 0. The van der Waals surface area contributed by atoms with Gasteiger partial charge in [0, 0.05) is 0 Å². The largest absolute Gasteiger partial charge is 0.411 e. The third-order valence-electron chi connectivity index (χ3n) is 10.3. The molecule has 7 atom stereocenters. The lowest BCUT2D eigenvalue weighted by Crippen LogP contribution is -2.53. The normalized spacial score (nSPS) is 43.5. The fraction of sp³-hybridized carbons (Fsp3) is 0.852. The lowest BCUT2D eigenvalue weighted by atomic mass is 9.46. The summed E-state index contributed by atoms with van der Waals surface area (Å²) in [7, 11) is 0. The SMILES string of the molecule is CC(C)CCC[C@@H](C)[C@H]1CC[C@H]2[C@@H]3CC(=NO)C4=CC(=NO)CC[C@]4(C)[C@H]3CC[C@]12C. The van der Waals surface area contributed by atoms with Crippen LogP contribution in [0.25, 0.3) is 0 Å². The van der Waals surface area contributed by atoms with Crippen LogP contribution >= 0.6 is 0 Å². The van der Waals surface area contributed by atoms with Gasteiger partial charge in [0.05, 0.1) is 11.4 Å². The smallest absolute Gasteiger partial charge is 0.0836 e. The summed E-state index contributed by atoms with van der Waals surface area (Å²) in [5, 5.41) is 26.5. The van der Waals surface area contributed by atoms with Crippen LogP contribution in [-0.2, 0) is 0 Å². The molecule has 0 heterocycles. The molecule has 0 radical (unpaired) electrons. The average Bonchev–Trinajstić information content (AvgIpc) is 3.09. The highest BCUT2D eigenvalue weighted by Crippen LogP contribution is 2.67. The molecule has 0 aromatic rings. The van der Waals surface area contributed by atoms with Crippen molar-refractivity contribution in [3.63, 3.8) is 0 Å². The highest BCUT2D eigenvalue weighted by atomic mass is 16.4. The molecule has 0 bridgehead atoms. The Bertz CT molecular complexity index is 769. The third kappa shape index (κ3) is 3.76. The highest BCUT2D eigenvalue weighted by Gasteiger charge is 2.60. The van der Waals surface area contributed by atoms with Crippen LogP contribution in [0.3, 0.4) is 0 Å². The van der Waals surface area contributed by atoms with Crippen LogP contribution in [-0.4, -0.2) is 21.8 Å². The van der Waals surface area contributed by atoms with Crippen LogP contribution in [0.4, 0.5) is 0 Å². The molecular weight excluding hydrogens is 384 g/mol. The Labute approximate surface area is 189 Å². The van der Waals surface area contributed by atoms with Gasteiger partial charge in [-0.3, -0.25) is 0 Å². The first-order valence-electron chi connectivity index (χ1n) is 12.9. The Hall–Kier alpha value is -1.32. The van der Waals surface area contributed by atoms with Crippen LogP contribution in [0, 0.1) is 46.3 Å². The standard InChI is InChI=1S/C27H44N2O2/c1-17(2)7-6-8-18(3)21-9-10-22-20-16-25(29-31)24-15-19(28-30)11-13-27(24,5)23(20)12-14-26(21,22)4/h15,17-18,20-23,30-31H,6-14,16H2,1-5H3/t18-,20+,21-,22+,23+,26-,27-/m1/s1. The number of hydrogen-bond donors (Lipinski definition) is 2.